The Labute approximate surface area is 138 Å². The highest BCUT2D eigenvalue weighted by molar-refractivity contribution is 5.95. The summed E-state index contributed by atoms with van der Waals surface area (Å²) >= 11 is 0. The van der Waals surface area contributed by atoms with Crippen molar-refractivity contribution in [2.24, 2.45) is 7.05 Å². The SMILES string of the molecule is CC(=O)c1cccc(-c2cnc3cnc(-c4cnn(C)c4)cn23)c1. The Morgan fingerprint density at radius 1 is 1.04 bits per heavy atom. The molecule has 0 fully saturated rings. The third-order valence-corrected chi connectivity index (χ3v) is 3.96. The summed E-state index contributed by atoms with van der Waals surface area (Å²) in [5.41, 5.74) is 5.06. The number of benzene rings is 1. The average Bonchev–Trinajstić information content (AvgIpc) is 3.20. The van der Waals surface area contributed by atoms with Crippen LogP contribution in [-0.4, -0.2) is 29.9 Å². The Hall–Kier alpha value is -3.28. The van der Waals surface area contributed by atoms with Crippen LogP contribution in [0.5, 0.6) is 0 Å². The van der Waals surface area contributed by atoms with Gasteiger partial charge in [0.15, 0.2) is 11.4 Å². The monoisotopic (exact) mass is 317 g/mol. The molecule has 0 saturated heterocycles. The Morgan fingerprint density at radius 3 is 2.67 bits per heavy atom. The molecular weight excluding hydrogens is 302 g/mol. The van der Waals surface area contributed by atoms with Crippen LogP contribution >= 0.6 is 0 Å². The van der Waals surface area contributed by atoms with Gasteiger partial charge in [0.25, 0.3) is 0 Å². The molecule has 0 saturated carbocycles. The zero-order valence-electron chi connectivity index (χ0n) is 13.3. The van der Waals surface area contributed by atoms with Crippen molar-refractivity contribution in [1.82, 2.24) is 24.1 Å². The highest BCUT2D eigenvalue weighted by Crippen LogP contribution is 2.24. The summed E-state index contributed by atoms with van der Waals surface area (Å²) in [6.45, 7) is 1.57. The maximum atomic E-state index is 11.6. The maximum Gasteiger partial charge on any atom is 0.159 e. The van der Waals surface area contributed by atoms with E-state index in [-0.39, 0.29) is 5.78 Å². The van der Waals surface area contributed by atoms with Gasteiger partial charge in [0.2, 0.25) is 0 Å². The summed E-state index contributed by atoms with van der Waals surface area (Å²) in [4.78, 5) is 20.5. The molecule has 24 heavy (non-hydrogen) atoms. The third kappa shape index (κ3) is 2.38. The van der Waals surface area contributed by atoms with E-state index in [2.05, 4.69) is 15.1 Å². The van der Waals surface area contributed by atoms with Crippen LogP contribution < -0.4 is 0 Å². The average molecular weight is 317 g/mol. The molecule has 4 rings (SSSR count). The van der Waals surface area contributed by atoms with Crippen LogP contribution in [-0.2, 0) is 7.05 Å². The number of imidazole rings is 1. The Kier molecular flexibility index (Phi) is 3.23. The molecule has 0 amide bonds. The number of aromatic nitrogens is 5. The highest BCUT2D eigenvalue weighted by atomic mass is 16.1. The van der Waals surface area contributed by atoms with Crippen LogP contribution in [0.15, 0.2) is 55.2 Å². The lowest BCUT2D eigenvalue weighted by Gasteiger charge is -2.05. The predicted octanol–water partition coefficient (Wildman–Crippen LogP) is 3.00. The fourth-order valence-electron chi connectivity index (χ4n) is 2.70. The molecule has 0 radical (unpaired) electrons. The minimum atomic E-state index is 0.0448. The van der Waals surface area contributed by atoms with Crippen molar-refractivity contribution >= 4 is 11.4 Å². The number of nitrogens with zero attached hydrogens (tertiary/aromatic N) is 5. The molecule has 0 spiro atoms. The molecule has 0 aliphatic heterocycles. The first kappa shape index (κ1) is 14.3. The van der Waals surface area contributed by atoms with E-state index in [0.29, 0.717) is 5.56 Å². The van der Waals surface area contributed by atoms with Gasteiger partial charge in [-0.3, -0.25) is 18.9 Å². The van der Waals surface area contributed by atoms with Crippen LogP contribution in [0, 0.1) is 0 Å². The molecule has 4 aromatic rings. The van der Waals surface area contributed by atoms with Crippen molar-refractivity contribution in [2.75, 3.05) is 0 Å². The summed E-state index contributed by atoms with van der Waals surface area (Å²) in [5.74, 6) is 0.0448. The topological polar surface area (TPSA) is 65.1 Å². The lowest BCUT2D eigenvalue weighted by atomic mass is 10.1. The van der Waals surface area contributed by atoms with Gasteiger partial charge in [0, 0.05) is 36.1 Å². The van der Waals surface area contributed by atoms with Gasteiger partial charge in [-0.2, -0.15) is 5.10 Å². The largest absolute Gasteiger partial charge is 0.296 e. The lowest BCUT2D eigenvalue weighted by molar-refractivity contribution is 0.101. The number of aryl methyl sites for hydroxylation is 1. The van der Waals surface area contributed by atoms with E-state index in [0.717, 1.165) is 28.2 Å². The Balaban J connectivity index is 1.87. The molecule has 0 N–H and O–H groups in total. The van der Waals surface area contributed by atoms with E-state index in [1.54, 1.807) is 30.2 Å². The van der Waals surface area contributed by atoms with E-state index in [9.17, 15) is 4.79 Å². The van der Waals surface area contributed by atoms with Gasteiger partial charge in [-0.15, -0.1) is 0 Å². The van der Waals surface area contributed by atoms with Gasteiger partial charge in [-0.05, 0) is 13.0 Å². The second-order valence-electron chi connectivity index (χ2n) is 5.68. The zero-order chi connectivity index (χ0) is 16.7. The molecule has 0 aliphatic carbocycles. The van der Waals surface area contributed by atoms with Gasteiger partial charge in [-0.1, -0.05) is 18.2 Å². The molecule has 6 heteroatoms. The number of Topliss-reactive ketones (excluding diaryl/α,β-unsaturated/α-hetero) is 1. The van der Waals surface area contributed by atoms with Gasteiger partial charge >= 0.3 is 0 Å². The van der Waals surface area contributed by atoms with E-state index in [1.807, 2.05) is 48.1 Å². The first-order valence-electron chi connectivity index (χ1n) is 7.55. The van der Waals surface area contributed by atoms with Crippen LogP contribution in [0.3, 0.4) is 0 Å². The molecule has 0 aliphatic rings. The number of ketones is 1. The molecular formula is C18H15N5O. The van der Waals surface area contributed by atoms with Crippen molar-refractivity contribution in [3.05, 3.63) is 60.8 Å². The molecule has 118 valence electrons. The van der Waals surface area contributed by atoms with Gasteiger partial charge in [-0.25, -0.2) is 4.98 Å². The molecule has 3 aromatic heterocycles. The number of hydrogen-bond acceptors (Lipinski definition) is 4. The maximum absolute atomic E-state index is 11.6. The van der Waals surface area contributed by atoms with Crippen LogP contribution in [0.2, 0.25) is 0 Å². The van der Waals surface area contributed by atoms with E-state index < -0.39 is 0 Å². The molecule has 6 nitrogen and oxygen atoms in total. The Bertz CT molecular complexity index is 1060. The number of fused-ring (bicyclic) bond motifs is 1. The van der Waals surface area contributed by atoms with E-state index in [1.165, 1.54) is 0 Å². The van der Waals surface area contributed by atoms with Crippen molar-refractivity contribution < 1.29 is 4.79 Å². The van der Waals surface area contributed by atoms with Crippen LogP contribution in [0.4, 0.5) is 0 Å². The second kappa shape index (κ2) is 5.42. The summed E-state index contributed by atoms with van der Waals surface area (Å²) in [5, 5.41) is 4.19. The molecule has 0 bridgehead atoms. The summed E-state index contributed by atoms with van der Waals surface area (Å²) in [6, 6.07) is 7.56. The minimum absolute atomic E-state index is 0.0448. The van der Waals surface area contributed by atoms with Crippen molar-refractivity contribution in [3.8, 4) is 22.5 Å². The highest BCUT2D eigenvalue weighted by Gasteiger charge is 2.10. The van der Waals surface area contributed by atoms with Crippen molar-refractivity contribution in [3.63, 3.8) is 0 Å². The standard InChI is InChI=1S/C18H15N5O/c1-12(24)13-4-3-5-14(6-13)17-8-20-18-9-19-16(11-23(17)18)15-7-21-22(2)10-15/h3-11H,1-2H3. The zero-order valence-corrected chi connectivity index (χ0v) is 13.3. The lowest BCUT2D eigenvalue weighted by Crippen LogP contribution is -1.95. The quantitative estimate of drug-likeness (QED) is 0.545. The molecule has 0 unspecified atom stereocenters. The number of carbonyl (C=O) groups excluding carboxylic acids is 1. The molecule has 1 aromatic carbocycles. The predicted molar refractivity (Wildman–Crippen MR) is 90.6 cm³/mol. The normalized spacial score (nSPS) is 11.1. The van der Waals surface area contributed by atoms with Gasteiger partial charge in [0.05, 0.1) is 30.0 Å². The summed E-state index contributed by atoms with van der Waals surface area (Å²) < 4.78 is 3.72. The van der Waals surface area contributed by atoms with Gasteiger partial charge in [0.1, 0.15) is 0 Å². The number of rotatable bonds is 3. The molecule has 0 atom stereocenters. The molecule has 3 heterocycles. The second-order valence-corrected chi connectivity index (χ2v) is 5.68. The first-order chi connectivity index (χ1) is 11.6. The van der Waals surface area contributed by atoms with Crippen LogP contribution in [0.1, 0.15) is 17.3 Å². The fourth-order valence-corrected chi connectivity index (χ4v) is 2.70. The van der Waals surface area contributed by atoms with Crippen molar-refractivity contribution in [2.45, 2.75) is 6.92 Å². The fraction of sp³-hybridized carbons (Fsp3) is 0.111. The smallest absolute Gasteiger partial charge is 0.159 e. The van der Waals surface area contributed by atoms with Crippen molar-refractivity contribution in [1.29, 1.82) is 0 Å². The van der Waals surface area contributed by atoms with E-state index >= 15 is 0 Å². The Morgan fingerprint density at radius 2 is 1.92 bits per heavy atom. The van der Waals surface area contributed by atoms with E-state index in [4.69, 9.17) is 0 Å². The number of carbonyl (C=O) groups is 1. The minimum Gasteiger partial charge on any atom is -0.296 e. The third-order valence-electron chi connectivity index (χ3n) is 3.96. The summed E-state index contributed by atoms with van der Waals surface area (Å²) in [7, 11) is 1.87. The first-order valence-corrected chi connectivity index (χ1v) is 7.55. The van der Waals surface area contributed by atoms with Gasteiger partial charge < -0.3 is 0 Å². The number of hydrogen-bond donors (Lipinski definition) is 0. The summed E-state index contributed by atoms with van der Waals surface area (Å²) in [6.07, 6.45) is 9.17. The van der Waals surface area contributed by atoms with Crippen LogP contribution in [0.25, 0.3) is 28.2 Å².